The van der Waals surface area contributed by atoms with E-state index in [9.17, 15) is 32.3 Å². The number of hydrogen-bond donors (Lipinski definition) is 7. The molecule has 0 spiro atoms. The summed E-state index contributed by atoms with van der Waals surface area (Å²) < 4.78 is 39.3. The van der Waals surface area contributed by atoms with Gasteiger partial charge in [0.25, 0.3) is 0 Å². The summed E-state index contributed by atoms with van der Waals surface area (Å²) in [6.45, 7) is 0.198. The van der Waals surface area contributed by atoms with Gasteiger partial charge in [-0.1, -0.05) is 42.5 Å². The van der Waals surface area contributed by atoms with Crippen LogP contribution in [-0.2, 0) is 38.2 Å². The lowest BCUT2D eigenvalue weighted by molar-refractivity contribution is -0.137. The van der Waals surface area contributed by atoms with Gasteiger partial charge in [-0.25, -0.2) is 4.98 Å². The van der Waals surface area contributed by atoms with Crippen LogP contribution in [0.2, 0.25) is 0 Å². The first-order chi connectivity index (χ1) is 22.3. The quantitative estimate of drug-likeness (QED) is 0.0511. The molecule has 0 bridgehead atoms. The topological polar surface area (TPSA) is 223 Å². The van der Waals surface area contributed by atoms with Gasteiger partial charge in [-0.15, -0.1) is 0 Å². The number of nitrogens with two attached hydrogens (primary N) is 3. The summed E-state index contributed by atoms with van der Waals surface area (Å²) >= 11 is 0. The maximum atomic E-state index is 13.6. The number of alkyl halides is 3. The van der Waals surface area contributed by atoms with Crippen molar-refractivity contribution in [3.63, 3.8) is 0 Å². The first kappa shape index (κ1) is 35.8. The molecule has 47 heavy (non-hydrogen) atoms. The van der Waals surface area contributed by atoms with Gasteiger partial charge in [-0.3, -0.25) is 24.2 Å². The molecular weight excluding hydrogens is 619 g/mol. The molecule has 3 rings (SSSR count). The maximum absolute atomic E-state index is 13.6. The smallest absolute Gasteiger partial charge is 0.370 e. The molecule has 0 saturated heterocycles. The molecular formula is C31H36F3N9O4. The lowest BCUT2D eigenvalue weighted by atomic mass is 10.0. The fourth-order valence-electron chi connectivity index (χ4n) is 4.43. The number of imidazole rings is 1. The van der Waals surface area contributed by atoms with Crippen molar-refractivity contribution in [3.05, 3.63) is 95.6 Å². The molecule has 2 aromatic carbocycles. The van der Waals surface area contributed by atoms with E-state index in [1.807, 2.05) is 0 Å². The van der Waals surface area contributed by atoms with Crippen molar-refractivity contribution in [1.29, 1.82) is 0 Å². The molecule has 0 fully saturated rings. The molecule has 4 amide bonds. The summed E-state index contributed by atoms with van der Waals surface area (Å²) in [5.41, 5.74) is 16.6. The van der Waals surface area contributed by atoms with Gasteiger partial charge in [0.2, 0.25) is 23.6 Å². The number of nitrogens with zero attached hydrogens (tertiary/aromatic N) is 2. The molecule has 0 aliphatic rings. The second-order valence-electron chi connectivity index (χ2n) is 10.5. The van der Waals surface area contributed by atoms with Crippen LogP contribution in [0.1, 0.15) is 35.2 Å². The van der Waals surface area contributed by atoms with E-state index in [1.54, 1.807) is 30.3 Å². The number of primary amides is 1. The van der Waals surface area contributed by atoms with Crippen molar-refractivity contribution in [2.45, 2.75) is 50.0 Å². The van der Waals surface area contributed by atoms with Gasteiger partial charge in [0.05, 0.1) is 11.9 Å². The van der Waals surface area contributed by atoms with Crippen molar-refractivity contribution in [3.8, 4) is 0 Å². The minimum atomic E-state index is -4.56. The number of aromatic nitrogens is 2. The number of nitrogens with one attached hydrogen (secondary N) is 4. The summed E-state index contributed by atoms with van der Waals surface area (Å²) in [5, 5.41) is 7.76. The number of H-pyrrole nitrogens is 1. The number of benzene rings is 2. The van der Waals surface area contributed by atoms with Gasteiger partial charge >= 0.3 is 6.18 Å². The van der Waals surface area contributed by atoms with Crippen molar-refractivity contribution < 1.29 is 32.3 Å². The number of carbonyl (C=O) groups excluding carboxylic acids is 4. The third-order valence-electron chi connectivity index (χ3n) is 6.77. The van der Waals surface area contributed by atoms with E-state index in [-0.39, 0.29) is 37.3 Å². The first-order valence-corrected chi connectivity index (χ1v) is 14.4. The minimum absolute atomic E-state index is 0.0259. The molecule has 10 N–H and O–H groups in total. The Bertz CT molecular complexity index is 1560. The van der Waals surface area contributed by atoms with Crippen LogP contribution in [0.3, 0.4) is 0 Å². The van der Waals surface area contributed by atoms with Gasteiger partial charge in [0.15, 0.2) is 5.96 Å². The highest BCUT2D eigenvalue weighted by molar-refractivity contribution is 5.97. The molecule has 0 aliphatic heterocycles. The van der Waals surface area contributed by atoms with Gasteiger partial charge < -0.3 is 38.1 Å². The molecule has 0 saturated carbocycles. The molecule has 250 valence electrons. The van der Waals surface area contributed by atoms with Crippen molar-refractivity contribution in [2.75, 3.05) is 6.54 Å². The molecule has 1 aromatic heterocycles. The molecule has 16 heteroatoms. The van der Waals surface area contributed by atoms with E-state index in [2.05, 4.69) is 30.9 Å². The summed E-state index contributed by atoms with van der Waals surface area (Å²) in [6, 6.07) is 9.62. The number of aliphatic imine (C=N–C) groups is 1. The minimum Gasteiger partial charge on any atom is -0.370 e. The van der Waals surface area contributed by atoms with Gasteiger partial charge in [-0.2, -0.15) is 13.2 Å². The van der Waals surface area contributed by atoms with E-state index in [1.165, 1.54) is 30.7 Å². The molecule has 3 aromatic rings. The third kappa shape index (κ3) is 12.3. The standard InChI is InChI=1S/C31H36F3N9O4/c32-31(33,34)21-9-4-8-20(14-21)11-12-26(44)41-25(16-22-17-38-18-40-22)29(47)43-24(15-19-6-2-1-3-7-19)28(46)42-23(27(35)45)10-5-13-39-30(36)37/h1-4,6-9,11-12,14,17-18,23-25H,5,10,13,15-16H2,(H2,35,45)(H,38,40)(H,41,44)(H,42,46)(H,43,47)(H4,36,37,39)/b12-11+/t23-,24-,25+/m1/s1. The van der Waals surface area contributed by atoms with Gasteiger partial charge in [0, 0.05) is 37.4 Å². The highest BCUT2D eigenvalue weighted by Crippen LogP contribution is 2.29. The average Bonchev–Trinajstić information content (AvgIpc) is 3.54. The summed E-state index contributed by atoms with van der Waals surface area (Å²) in [7, 11) is 0. The fraction of sp³-hybridized carbons (Fsp3) is 0.290. The van der Waals surface area contributed by atoms with Gasteiger partial charge in [-0.05, 0) is 42.2 Å². The number of hydrogen-bond acceptors (Lipinski definition) is 6. The summed E-state index contributed by atoms with van der Waals surface area (Å²) in [4.78, 5) is 62.7. The Morgan fingerprint density at radius 1 is 0.894 bits per heavy atom. The van der Waals surface area contributed by atoms with E-state index < -0.39 is 53.5 Å². The molecule has 13 nitrogen and oxygen atoms in total. The summed E-state index contributed by atoms with van der Waals surface area (Å²) in [5.74, 6) is -3.16. The monoisotopic (exact) mass is 655 g/mol. The lowest BCUT2D eigenvalue weighted by Crippen LogP contribution is -2.57. The molecule has 0 aliphatic carbocycles. The Labute approximate surface area is 268 Å². The SMILES string of the molecule is NC(=O)[C@@H](CCCN=C(N)N)NC(=O)[C@@H](Cc1ccccc1)NC(=O)[C@H](Cc1cnc[nH]1)NC(=O)/C=C/c1cccc(C(F)(F)F)c1. The first-order valence-electron chi connectivity index (χ1n) is 14.4. The van der Waals surface area contributed by atoms with Crippen LogP contribution in [0.4, 0.5) is 13.2 Å². The second kappa shape index (κ2) is 17.1. The second-order valence-corrected chi connectivity index (χ2v) is 10.5. The predicted molar refractivity (Wildman–Crippen MR) is 168 cm³/mol. The van der Waals surface area contributed by atoms with Crippen LogP contribution >= 0.6 is 0 Å². The van der Waals surface area contributed by atoms with Crippen LogP contribution in [-0.4, -0.2) is 64.2 Å². The van der Waals surface area contributed by atoms with Crippen LogP contribution in [0.5, 0.6) is 0 Å². The molecule has 1 heterocycles. The van der Waals surface area contributed by atoms with Crippen LogP contribution in [0.25, 0.3) is 6.08 Å². The predicted octanol–water partition coefficient (Wildman–Crippen LogP) is 0.920. The molecule has 0 radical (unpaired) electrons. The van der Waals surface area contributed by atoms with E-state index >= 15 is 0 Å². The Balaban J connectivity index is 1.79. The number of rotatable bonds is 16. The van der Waals surface area contributed by atoms with Crippen molar-refractivity contribution in [1.82, 2.24) is 25.9 Å². The zero-order valence-corrected chi connectivity index (χ0v) is 25.2. The maximum Gasteiger partial charge on any atom is 0.416 e. The Hall–Kier alpha value is -5.67. The fourth-order valence-corrected chi connectivity index (χ4v) is 4.43. The number of aromatic amines is 1. The van der Waals surface area contributed by atoms with Crippen molar-refractivity contribution in [2.24, 2.45) is 22.2 Å². The molecule has 0 unspecified atom stereocenters. The average molecular weight is 656 g/mol. The number of halogens is 3. The Kier molecular flexibility index (Phi) is 13.1. The van der Waals surface area contributed by atoms with E-state index in [0.29, 0.717) is 17.7 Å². The lowest BCUT2D eigenvalue weighted by Gasteiger charge is -2.24. The number of carbonyl (C=O) groups is 4. The van der Waals surface area contributed by atoms with E-state index in [4.69, 9.17) is 17.2 Å². The number of guanidine groups is 1. The van der Waals surface area contributed by atoms with Crippen molar-refractivity contribution >= 4 is 35.7 Å². The Morgan fingerprint density at radius 2 is 1.57 bits per heavy atom. The van der Waals surface area contributed by atoms with Crippen LogP contribution in [0, 0.1) is 0 Å². The van der Waals surface area contributed by atoms with Crippen LogP contribution in [0.15, 0.2) is 78.2 Å². The highest BCUT2D eigenvalue weighted by atomic mass is 19.4. The van der Waals surface area contributed by atoms with E-state index in [0.717, 1.165) is 18.2 Å². The third-order valence-corrected chi connectivity index (χ3v) is 6.77. The highest BCUT2D eigenvalue weighted by Gasteiger charge is 2.31. The zero-order valence-electron chi connectivity index (χ0n) is 25.2. The molecule has 3 atom stereocenters. The Morgan fingerprint density at radius 3 is 2.19 bits per heavy atom. The van der Waals surface area contributed by atoms with Crippen LogP contribution < -0.4 is 33.2 Å². The number of amides is 4. The summed E-state index contributed by atoms with van der Waals surface area (Å²) in [6.07, 6.45) is 0.847. The van der Waals surface area contributed by atoms with Gasteiger partial charge in [0.1, 0.15) is 18.1 Å². The normalized spacial score (nSPS) is 13.3. The largest absolute Gasteiger partial charge is 0.416 e. The zero-order chi connectivity index (χ0) is 34.4.